The van der Waals surface area contributed by atoms with E-state index in [4.69, 9.17) is 0 Å². The van der Waals surface area contributed by atoms with E-state index in [9.17, 15) is 4.79 Å². The molecule has 0 N–H and O–H groups in total. The van der Waals surface area contributed by atoms with Crippen molar-refractivity contribution in [1.29, 1.82) is 0 Å². The van der Waals surface area contributed by atoms with Gasteiger partial charge in [0.05, 0.1) is 0 Å². The van der Waals surface area contributed by atoms with Crippen molar-refractivity contribution in [2.45, 2.75) is 65.7 Å². The average molecular weight is 466 g/mol. The summed E-state index contributed by atoms with van der Waals surface area (Å²) in [6, 6.07) is 25.3. The maximum Gasteiger partial charge on any atom is 0.150 e. The van der Waals surface area contributed by atoms with E-state index in [0.29, 0.717) is 5.56 Å². The molecule has 0 saturated heterocycles. The molecule has 0 spiro atoms. The van der Waals surface area contributed by atoms with Crippen LogP contribution < -0.4 is 4.90 Å². The van der Waals surface area contributed by atoms with Crippen molar-refractivity contribution >= 4 is 23.3 Å². The highest BCUT2D eigenvalue weighted by atomic mass is 16.1. The van der Waals surface area contributed by atoms with Gasteiger partial charge in [0.1, 0.15) is 6.29 Å². The molecule has 0 amide bonds. The number of anilines is 3. The SMILES string of the molecule is C=C(C)CC(C)(C)c1ccc(N(c2ccc(C=O)cc2)c2ccc(C(C)(C)C=C(C)C)cc2)cc1. The smallest absolute Gasteiger partial charge is 0.150 e. The summed E-state index contributed by atoms with van der Waals surface area (Å²) < 4.78 is 0. The molecule has 3 aromatic carbocycles. The molecule has 0 aliphatic carbocycles. The maximum atomic E-state index is 11.2. The van der Waals surface area contributed by atoms with Crippen LogP contribution >= 0.6 is 0 Å². The summed E-state index contributed by atoms with van der Waals surface area (Å²) in [6.07, 6.45) is 4.14. The molecule has 0 unspecified atom stereocenters. The van der Waals surface area contributed by atoms with Crippen molar-refractivity contribution in [3.63, 3.8) is 0 Å². The van der Waals surface area contributed by atoms with Gasteiger partial charge in [0, 0.05) is 28.0 Å². The van der Waals surface area contributed by atoms with Crippen LogP contribution in [-0.2, 0) is 10.8 Å². The van der Waals surface area contributed by atoms with E-state index in [1.165, 1.54) is 22.3 Å². The Hall–Kier alpha value is -3.39. The van der Waals surface area contributed by atoms with Crippen LogP contribution in [0, 0.1) is 0 Å². The summed E-state index contributed by atoms with van der Waals surface area (Å²) in [6.45, 7) is 19.5. The number of allylic oxidation sites excluding steroid dienone is 3. The monoisotopic (exact) mass is 465 g/mol. The first-order valence-corrected chi connectivity index (χ1v) is 12.3. The normalized spacial score (nSPS) is 11.6. The molecule has 0 radical (unpaired) electrons. The van der Waals surface area contributed by atoms with Gasteiger partial charge in [0.15, 0.2) is 0 Å². The fourth-order valence-electron chi connectivity index (χ4n) is 4.91. The second-order valence-corrected chi connectivity index (χ2v) is 11.1. The van der Waals surface area contributed by atoms with Crippen molar-refractivity contribution in [3.8, 4) is 0 Å². The minimum atomic E-state index is -0.0374. The van der Waals surface area contributed by atoms with Crippen LogP contribution in [0.15, 0.2) is 96.6 Å². The van der Waals surface area contributed by atoms with Gasteiger partial charge in [-0.15, -0.1) is 6.58 Å². The number of rotatable bonds is 9. The summed E-state index contributed by atoms with van der Waals surface area (Å²) in [4.78, 5) is 13.5. The number of carbonyl (C=O) groups is 1. The Morgan fingerprint density at radius 1 is 0.743 bits per heavy atom. The van der Waals surface area contributed by atoms with Gasteiger partial charge in [0.2, 0.25) is 0 Å². The molecular weight excluding hydrogens is 426 g/mol. The molecule has 0 aliphatic rings. The van der Waals surface area contributed by atoms with Crippen LogP contribution in [0.4, 0.5) is 17.1 Å². The van der Waals surface area contributed by atoms with E-state index >= 15 is 0 Å². The van der Waals surface area contributed by atoms with Gasteiger partial charge in [-0.1, -0.05) is 69.2 Å². The van der Waals surface area contributed by atoms with Gasteiger partial charge in [-0.05, 0) is 92.3 Å². The Morgan fingerprint density at radius 3 is 1.57 bits per heavy atom. The number of nitrogens with zero attached hydrogens (tertiary/aromatic N) is 1. The molecule has 182 valence electrons. The third-order valence-corrected chi connectivity index (χ3v) is 6.46. The van der Waals surface area contributed by atoms with Crippen molar-refractivity contribution < 1.29 is 4.79 Å². The minimum Gasteiger partial charge on any atom is -0.311 e. The number of hydrogen-bond donors (Lipinski definition) is 0. The first-order valence-electron chi connectivity index (χ1n) is 12.3. The highest BCUT2D eigenvalue weighted by molar-refractivity contribution is 5.80. The van der Waals surface area contributed by atoms with Gasteiger partial charge < -0.3 is 4.90 Å². The van der Waals surface area contributed by atoms with Crippen LogP contribution in [0.5, 0.6) is 0 Å². The van der Waals surface area contributed by atoms with E-state index in [1.54, 1.807) is 0 Å². The molecule has 0 bridgehead atoms. The van der Waals surface area contributed by atoms with Crippen LogP contribution in [0.3, 0.4) is 0 Å². The second-order valence-electron chi connectivity index (χ2n) is 11.1. The molecule has 3 rings (SSSR count). The molecule has 0 aromatic heterocycles. The molecule has 0 fully saturated rings. The van der Waals surface area contributed by atoms with E-state index in [2.05, 4.69) is 115 Å². The number of benzene rings is 3. The highest BCUT2D eigenvalue weighted by Crippen LogP contribution is 2.38. The summed E-state index contributed by atoms with van der Waals surface area (Å²) in [5.74, 6) is 0. The largest absolute Gasteiger partial charge is 0.311 e. The zero-order valence-electron chi connectivity index (χ0n) is 22.4. The number of aldehydes is 1. The van der Waals surface area contributed by atoms with E-state index in [1.807, 2.05) is 24.3 Å². The fourth-order valence-corrected chi connectivity index (χ4v) is 4.91. The third-order valence-electron chi connectivity index (χ3n) is 6.46. The molecule has 3 aromatic rings. The molecule has 0 aliphatic heterocycles. The lowest BCUT2D eigenvalue weighted by atomic mass is 9.79. The highest BCUT2D eigenvalue weighted by Gasteiger charge is 2.22. The number of carbonyl (C=O) groups excluding carboxylic acids is 1. The lowest BCUT2D eigenvalue weighted by molar-refractivity contribution is 0.112. The van der Waals surface area contributed by atoms with Gasteiger partial charge in [-0.2, -0.15) is 0 Å². The predicted octanol–water partition coefficient (Wildman–Crippen LogP) is 9.46. The molecule has 2 nitrogen and oxygen atoms in total. The summed E-state index contributed by atoms with van der Waals surface area (Å²) in [7, 11) is 0. The fraction of sp³-hybridized carbons (Fsp3) is 0.303. The summed E-state index contributed by atoms with van der Waals surface area (Å²) in [5, 5.41) is 0. The summed E-state index contributed by atoms with van der Waals surface area (Å²) in [5.41, 5.74) is 8.89. The van der Waals surface area contributed by atoms with Gasteiger partial charge in [0.25, 0.3) is 0 Å². The molecule has 0 saturated carbocycles. The topological polar surface area (TPSA) is 20.3 Å². The van der Waals surface area contributed by atoms with Crippen LogP contribution in [-0.4, -0.2) is 6.29 Å². The zero-order valence-corrected chi connectivity index (χ0v) is 22.4. The summed E-state index contributed by atoms with van der Waals surface area (Å²) >= 11 is 0. The van der Waals surface area contributed by atoms with Crippen molar-refractivity contribution in [1.82, 2.24) is 0 Å². The second kappa shape index (κ2) is 10.5. The van der Waals surface area contributed by atoms with Crippen molar-refractivity contribution in [3.05, 3.63) is 113 Å². The molecule has 0 atom stereocenters. The Labute approximate surface area is 212 Å². The Morgan fingerprint density at radius 2 is 1.17 bits per heavy atom. The quantitative estimate of drug-likeness (QED) is 0.232. The van der Waals surface area contributed by atoms with Crippen molar-refractivity contribution in [2.75, 3.05) is 4.90 Å². The zero-order chi connectivity index (χ0) is 25.8. The van der Waals surface area contributed by atoms with Crippen LogP contribution in [0.1, 0.15) is 76.4 Å². The minimum absolute atomic E-state index is 0.0267. The Kier molecular flexibility index (Phi) is 7.85. The van der Waals surface area contributed by atoms with E-state index < -0.39 is 0 Å². The molecule has 0 heterocycles. The molecular formula is C33H39NO. The lowest BCUT2D eigenvalue weighted by Crippen LogP contribution is -2.18. The number of hydrogen-bond acceptors (Lipinski definition) is 2. The standard InChI is InChI=1S/C33H39NO/c1-24(2)21-32(5,6)27-11-17-30(18-12-27)34(29-15-9-26(23-35)10-16-29)31-19-13-28(14-20-31)33(7,8)22-25(3)4/h9-20,22-23H,1,21H2,2-8H3. The van der Waals surface area contributed by atoms with E-state index in [0.717, 1.165) is 29.8 Å². The van der Waals surface area contributed by atoms with E-state index in [-0.39, 0.29) is 10.8 Å². The molecule has 2 heteroatoms. The first-order chi connectivity index (χ1) is 16.4. The Bertz CT molecular complexity index is 1190. The third kappa shape index (κ3) is 6.39. The average Bonchev–Trinajstić information content (AvgIpc) is 2.79. The van der Waals surface area contributed by atoms with Crippen LogP contribution in [0.2, 0.25) is 0 Å². The maximum absolute atomic E-state index is 11.2. The van der Waals surface area contributed by atoms with Crippen molar-refractivity contribution in [2.24, 2.45) is 0 Å². The Balaban J connectivity index is 2.05. The van der Waals surface area contributed by atoms with Gasteiger partial charge in [-0.3, -0.25) is 4.79 Å². The predicted molar refractivity (Wildman–Crippen MR) is 151 cm³/mol. The van der Waals surface area contributed by atoms with Gasteiger partial charge in [-0.25, -0.2) is 0 Å². The lowest BCUT2D eigenvalue weighted by Gasteiger charge is -2.29. The van der Waals surface area contributed by atoms with Gasteiger partial charge >= 0.3 is 0 Å². The first kappa shape index (κ1) is 26.2. The van der Waals surface area contributed by atoms with Crippen LogP contribution in [0.25, 0.3) is 0 Å². The molecule has 35 heavy (non-hydrogen) atoms.